The number of ether oxygens (including phenoxy) is 1. The highest BCUT2D eigenvalue weighted by atomic mass is 16.5. The van der Waals surface area contributed by atoms with Crippen molar-refractivity contribution in [1.82, 2.24) is 20.4 Å². The van der Waals surface area contributed by atoms with Gasteiger partial charge in [-0.2, -0.15) is 0 Å². The molecule has 6 heteroatoms. The van der Waals surface area contributed by atoms with Gasteiger partial charge < -0.3 is 4.74 Å². The number of nitrogens with two attached hydrogens (primary N) is 1. The molecule has 1 fully saturated rings. The lowest BCUT2D eigenvalue weighted by atomic mass is 10.0. The van der Waals surface area contributed by atoms with Crippen molar-refractivity contribution in [1.29, 1.82) is 0 Å². The van der Waals surface area contributed by atoms with Crippen molar-refractivity contribution in [2.75, 3.05) is 7.11 Å². The fourth-order valence-corrected chi connectivity index (χ4v) is 2.60. The second-order valence-electron chi connectivity index (χ2n) is 5.09. The van der Waals surface area contributed by atoms with E-state index in [0.717, 1.165) is 11.4 Å². The zero-order valence-electron chi connectivity index (χ0n) is 11.4. The SMILES string of the molecule is COC(C1CC1)C(NN)c1cnnn1-c1ccccc1. The van der Waals surface area contributed by atoms with Crippen molar-refractivity contribution >= 4 is 0 Å². The summed E-state index contributed by atoms with van der Waals surface area (Å²) in [7, 11) is 1.73. The van der Waals surface area contributed by atoms with Crippen molar-refractivity contribution in [2.45, 2.75) is 25.0 Å². The largest absolute Gasteiger partial charge is 0.379 e. The standard InChI is InChI=1S/C14H19N5O/c1-20-14(10-7-8-10)13(17-15)12-9-16-18-19(12)11-5-3-2-4-6-11/h2-6,9-10,13-14,17H,7-8,15H2,1H3. The molecule has 1 heterocycles. The van der Waals surface area contributed by atoms with Gasteiger partial charge >= 0.3 is 0 Å². The first kappa shape index (κ1) is 13.2. The van der Waals surface area contributed by atoms with Gasteiger partial charge in [-0.15, -0.1) is 5.10 Å². The Balaban J connectivity index is 1.94. The third-order valence-electron chi connectivity index (χ3n) is 3.76. The summed E-state index contributed by atoms with van der Waals surface area (Å²) in [6, 6.07) is 9.78. The Labute approximate surface area is 117 Å². The van der Waals surface area contributed by atoms with Gasteiger partial charge in [0.05, 0.1) is 29.7 Å². The first-order valence-electron chi connectivity index (χ1n) is 6.80. The lowest BCUT2D eigenvalue weighted by Gasteiger charge is -2.25. The summed E-state index contributed by atoms with van der Waals surface area (Å²) in [5.41, 5.74) is 4.74. The van der Waals surface area contributed by atoms with Crippen LogP contribution in [0, 0.1) is 5.92 Å². The monoisotopic (exact) mass is 273 g/mol. The molecule has 1 aromatic heterocycles. The number of nitrogens with zero attached hydrogens (tertiary/aromatic N) is 3. The molecule has 0 saturated heterocycles. The number of para-hydroxylation sites is 1. The molecule has 0 amide bonds. The fraction of sp³-hybridized carbons (Fsp3) is 0.429. The molecule has 2 aromatic rings. The molecule has 0 bridgehead atoms. The molecular weight excluding hydrogens is 254 g/mol. The summed E-state index contributed by atoms with van der Waals surface area (Å²) in [6.07, 6.45) is 4.15. The van der Waals surface area contributed by atoms with E-state index in [1.807, 2.05) is 30.3 Å². The number of hydrazine groups is 1. The van der Waals surface area contributed by atoms with Crippen LogP contribution in [0.5, 0.6) is 0 Å². The molecule has 2 atom stereocenters. The van der Waals surface area contributed by atoms with E-state index >= 15 is 0 Å². The zero-order chi connectivity index (χ0) is 13.9. The molecule has 6 nitrogen and oxygen atoms in total. The van der Waals surface area contributed by atoms with Gasteiger partial charge in [0.15, 0.2) is 0 Å². The highest BCUT2D eigenvalue weighted by Crippen LogP contribution is 2.39. The van der Waals surface area contributed by atoms with Crippen LogP contribution in [0.4, 0.5) is 0 Å². The number of benzene rings is 1. The van der Waals surface area contributed by atoms with Gasteiger partial charge in [0.2, 0.25) is 0 Å². The van der Waals surface area contributed by atoms with Crippen LogP contribution in [0.25, 0.3) is 5.69 Å². The molecule has 1 aliphatic carbocycles. The van der Waals surface area contributed by atoms with Crippen molar-refractivity contribution in [3.63, 3.8) is 0 Å². The summed E-state index contributed by atoms with van der Waals surface area (Å²) in [5, 5.41) is 8.19. The molecule has 106 valence electrons. The number of rotatable bonds is 6. The van der Waals surface area contributed by atoms with E-state index in [1.165, 1.54) is 12.8 Å². The molecule has 3 N–H and O–H groups in total. The highest BCUT2D eigenvalue weighted by Gasteiger charge is 2.38. The summed E-state index contributed by atoms with van der Waals surface area (Å²) < 4.78 is 7.44. The average Bonchev–Trinajstić information content (AvgIpc) is 3.22. The third kappa shape index (κ3) is 2.45. The molecule has 1 aromatic carbocycles. The van der Waals surface area contributed by atoms with E-state index < -0.39 is 0 Å². The number of hydrogen-bond acceptors (Lipinski definition) is 5. The topological polar surface area (TPSA) is 78.0 Å². The molecular formula is C14H19N5O. The molecule has 3 rings (SSSR count). The second-order valence-corrected chi connectivity index (χ2v) is 5.09. The van der Waals surface area contributed by atoms with Crippen LogP contribution in [0.15, 0.2) is 36.5 Å². The molecule has 2 unspecified atom stereocenters. The number of hydrogen-bond donors (Lipinski definition) is 2. The van der Waals surface area contributed by atoms with Crippen LogP contribution < -0.4 is 11.3 Å². The normalized spacial score (nSPS) is 17.9. The maximum Gasteiger partial charge on any atom is 0.0913 e. The average molecular weight is 273 g/mol. The van der Waals surface area contributed by atoms with E-state index in [0.29, 0.717) is 5.92 Å². The smallest absolute Gasteiger partial charge is 0.0913 e. The molecule has 0 spiro atoms. The Kier molecular flexibility index (Phi) is 3.77. The van der Waals surface area contributed by atoms with E-state index in [4.69, 9.17) is 10.6 Å². The molecule has 1 saturated carbocycles. The van der Waals surface area contributed by atoms with Gasteiger partial charge in [-0.05, 0) is 30.9 Å². The van der Waals surface area contributed by atoms with Gasteiger partial charge in [0.1, 0.15) is 0 Å². The lowest BCUT2D eigenvalue weighted by Crippen LogP contribution is -2.39. The Morgan fingerprint density at radius 3 is 2.70 bits per heavy atom. The van der Waals surface area contributed by atoms with Gasteiger partial charge in [-0.3, -0.25) is 5.84 Å². The minimum absolute atomic E-state index is 0.0426. The first-order valence-corrected chi connectivity index (χ1v) is 6.80. The minimum atomic E-state index is -0.122. The van der Waals surface area contributed by atoms with Crippen molar-refractivity contribution in [3.05, 3.63) is 42.2 Å². The summed E-state index contributed by atoms with van der Waals surface area (Å²) in [5.74, 6) is 6.31. The van der Waals surface area contributed by atoms with Crippen molar-refractivity contribution < 1.29 is 4.74 Å². The molecule has 1 aliphatic rings. The van der Waals surface area contributed by atoms with E-state index in [9.17, 15) is 0 Å². The Morgan fingerprint density at radius 2 is 2.10 bits per heavy atom. The lowest BCUT2D eigenvalue weighted by molar-refractivity contribution is 0.0487. The van der Waals surface area contributed by atoms with Gasteiger partial charge in [0, 0.05) is 7.11 Å². The predicted molar refractivity (Wildman–Crippen MR) is 74.9 cm³/mol. The van der Waals surface area contributed by atoms with Crippen LogP contribution in [0.3, 0.4) is 0 Å². The Bertz CT molecular complexity index is 552. The number of aromatic nitrogens is 3. The van der Waals surface area contributed by atoms with Crippen LogP contribution in [0.1, 0.15) is 24.6 Å². The maximum absolute atomic E-state index is 5.75. The van der Waals surface area contributed by atoms with Crippen LogP contribution >= 0.6 is 0 Å². The summed E-state index contributed by atoms with van der Waals surface area (Å²) >= 11 is 0. The van der Waals surface area contributed by atoms with Gasteiger partial charge in [-0.1, -0.05) is 23.4 Å². The highest BCUT2D eigenvalue weighted by molar-refractivity contribution is 5.32. The molecule has 20 heavy (non-hydrogen) atoms. The summed E-state index contributed by atoms with van der Waals surface area (Å²) in [4.78, 5) is 0. The van der Waals surface area contributed by atoms with Crippen molar-refractivity contribution in [3.8, 4) is 5.69 Å². The quantitative estimate of drug-likeness (QED) is 0.611. The minimum Gasteiger partial charge on any atom is -0.379 e. The van der Waals surface area contributed by atoms with E-state index in [1.54, 1.807) is 18.0 Å². The molecule has 0 radical (unpaired) electrons. The van der Waals surface area contributed by atoms with Gasteiger partial charge in [0.25, 0.3) is 0 Å². The zero-order valence-corrected chi connectivity index (χ0v) is 11.4. The fourth-order valence-electron chi connectivity index (χ4n) is 2.60. The number of nitrogens with one attached hydrogen (secondary N) is 1. The maximum atomic E-state index is 5.75. The Morgan fingerprint density at radius 1 is 1.35 bits per heavy atom. The van der Waals surface area contributed by atoms with Crippen LogP contribution in [-0.4, -0.2) is 28.2 Å². The van der Waals surface area contributed by atoms with Crippen LogP contribution in [0.2, 0.25) is 0 Å². The first-order chi connectivity index (χ1) is 9.85. The second kappa shape index (κ2) is 5.70. The molecule has 0 aliphatic heterocycles. The van der Waals surface area contributed by atoms with Crippen molar-refractivity contribution in [2.24, 2.45) is 11.8 Å². The van der Waals surface area contributed by atoms with Gasteiger partial charge in [-0.25, -0.2) is 10.1 Å². The van der Waals surface area contributed by atoms with E-state index in [2.05, 4.69) is 15.7 Å². The van der Waals surface area contributed by atoms with E-state index in [-0.39, 0.29) is 12.1 Å². The third-order valence-corrected chi connectivity index (χ3v) is 3.76. The number of methoxy groups -OCH3 is 1. The predicted octanol–water partition coefficient (Wildman–Crippen LogP) is 1.20. The van der Waals surface area contributed by atoms with Crippen LogP contribution in [-0.2, 0) is 4.74 Å². The Hall–Kier alpha value is -1.76. The summed E-state index contributed by atoms with van der Waals surface area (Å²) in [6.45, 7) is 0.